The Bertz CT molecular complexity index is 241. The van der Waals surface area contributed by atoms with Gasteiger partial charge in [0.05, 0.1) is 0 Å². The van der Waals surface area contributed by atoms with Crippen LogP contribution in [0.3, 0.4) is 0 Å². The van der Waals surface area contributed by atoms with E-state index in [1.807, 2.05) is 0 Å². The van der Waals surface area contributed by atoms with Gasteiger partial charge in [-0.15, -0.1) is 0 Å². The van der Waals surface area contributed by atoms with Crippen LogP contribution < -0.4 is 5.32 Å². The highest BCUT2D eigenvalue weighted by Gasteiger charge is 2.22. The molecular weight excluding hydrogens is 228 g/mol. The third-order valence-corrected chi connectivity index (χ3v) is 4.78. The van der Waals surface area contributed by atoms with Gasteiger partial charge in [0, 0.05) is 19.1 Å². The molecular formula is C14H26N2S. The molecule has 0 saturated heterocycles. The number of thiocarbonyl (C=S) groups is 1. The first-order valence-electron chi connectivity index (χ1n) is 7.30. The van der Waals surface area contributed by atoms with Gasteiger partial charge >= 0.3 is 0 Å². The molecule has 0 atom stereocenters. The molecule has 0 aromatic heterocycles. The number of hydrogen-bond donors (Lipinski definition) is 1. The fourth-order valence-electron chi connectivity index (χ4n) is 3.16. The zero-order valence-corrected chi connectivity index (χ0v) is 11.9. The van der Waals surface area contributed by atoms with E-state index < -0.39 is 0 Å². The van der Waals surface area contributed by atoms with E-state index in [1.54, 1.807) is 0 Å². The monoisotopic (exact) mass is 254 g/mol. The molecule has 2 saturated carbocycles. The molecule has 2 nitrogen and oxygen atoms in total. The highest BCUT2D eigenvalue weighted by Crippen LogP contribution is 2.22. The van der Waals surface area contributed by atoms with Crippen molar-refractivity contribution >= 4 is 17.3 Å². The third-order valence-electron chi connectivity index (χ3n) is 4.38. The summed E-state index contributed by atoms with van der Waals surface area (Å²) < 4.78 is 0. The van der Waals surface area contributed by atoms with E-state index in [0.29, 0.717) is 12.1 Å². The van der Waals surface area contributed by atoms with E-state index in [0.717, 1.165) is 5.11 Å². The third kappa shape index (κ3) is 3.84. The van der Waals surface area contributed by atoms with E-state index >= 15 is 0 Å². The van der Waals surface area contributed by atoms with Crippen LogP contribution in [0.5, 0.6) is 0 Å². The van der Waals surface area contributed by atoms with Crippen LogP contribution in [-0.4, -0.2) is 29.1 Å². The summed E-state index contributed by atoms with van der Waals surface area (Å²) in [5, 5.41) is 4.54. The average Bonchev–Trinajstić information content (AvgIpc) is 2.68. The van der Waals surface area contributed by atoms with Crippen molar-refractivity contribution in [2.75, 3.05) is 7.05 Å². The Balaban J connectivity index is 1.80. The van der Waals surface area contributed by atoms with Gasteiger partial charge in [0.25, 0.3) is 0 Å². The topological polar surface area (TPSA) is 15.3 Å². The molecule has 2 fully saturated rings. The van der Waals surface area contributed by atoms with E-state index in [2.05, 4.69) is 17.3 Å². The van der Waals surface area contributed by atoms with Crippen LogP contribution >= 0.6 is 12.2 Å². The first kappa shape index (κ1) is 13.1. The molecule has 0 amide bonds. The van der Waals surface area contributed by atoms with Crippen molar-refractivity contribution < 1.29 is 0 Å². The van der Waals surface area contributed by atoms with Crippen molar-refractivity contribution in [3.8, 4) is 0 Å². The van der Waals surface area contributed by atoms with Gasteiger partial charge < -0.3 is 10.2 Å². The largest absolute Gasteiger partial charge is 0.360 e. The molecule has 17 heavy (non-hydrogen) atoms. The summed E-state index contributed by atoms with van der Waals surface area (Å²) >= 11 is 5.55. The highest BCUT2D eigenvalue weighted by atomic mass is 32.1. The fraction of sp³-hybridized carbons (Fsp3) is 0.929. The van der Waals surface area contributed by atoms with Gasteiger partial charge in [-0.05, 0) is 37.9 Å². The minimum absolute atomic E-state index is 0.649. The Morgan fingerprint density at radius 2 is 1.47 bits per heavy atom. The van der Waals surface area contributed by atoms with Crippen molar-refractivity contribution in [1.29, 1.82) is 0 Å². The Morgan fingerprint density at radius 1 is 0.941 bits per heavy atom. The minimum Gasteiger partial charge on any atom is -0.360 e. The first-order valence-corrected chi connectivity index (χ1v) is 7.71. The molecule has 3 heteroatoms. The molecule has 0 heterocycles. The maximum Gasteiger partial charge on any atom is 0.169 e. The van der Waals surface area contributed by atoms with Gasteiger partial charge in [0.1, 0.15) is 0 Å². The zero-order chi connectivity index (χ0) is 12.1. The van der Waals surface area contributed by atoms with Crippen LogP contribution in [-0.2, 0) is 0 Å². The summed E-state index contributed by atoms with van der Waals surface area (Å²) in [5.74, 6) is 0. The predicted molar refractivity (Wildman–Crippen MR) is 77.2 cm³/mol. The average molecular weight is 254 g/mol. The van der Waals surface area contributed by atoms with E-state index in [4.69, 9.17) is 12.2 Å². The Labute approximate surface area is 111 Å². The molecule has 0 bridgehead atoms. The lowest BCUT2D eigenvalue weighted by atomic mass is 10.1. The SMILES string of the molecule is CN(C(=S)NC1CCCC1)C1CCCCCC1. The maximum atomic E-state index is 5.55. The molecule has 1 N–H and O–H groups in total. The van der Waals surface area contributed by atoms with Crippen molar-refractivity contribution in [3.05, 3.63) is 0 Å². The normalized spacial score (nSPS) is 23.4. The molecule has 0 unspecified atom stereocenters. The molecule has 2 aliphatic rings. The summed E-state index contributed by atoms with van der Waals surface area (Å²) in [6.07, 6.45) is 13.6. The van der Waals surface area contributed by atoms with E-state index in [-0.39, 0.29) is 0 Å². The Kier molecular flexibility index (Phi) is 5.08. The van der Waals surface area contributed by atoms with Crippen molar-refractivity contribution in [2.45, 2.75) is 76.3 Å². The summed E-state index contributed by atoms with van der Waals surface area (Å²) in [7, 11) is 2.18. The second-order valence-corrected chi connectivity index (χ2v) is 6.07. The highest BCUT2D eigenvalue weighted by molar-refractivity contribution is 7.80. The molecule has 0 aliphatic heterocycles. The van der Waals surface area contributed by atoms with Gasteiger partial charge in [0.2, 0.25) is 0 Å². The van der Waals surface area contributed by atoms with E-state index in [9.17, 15) is 0 Å². The van der Waals surface area contributed by atoms with Gasteiger partial charge in [-0.3, -0.25) is 0 Å². The summed E-state index contributed by atoms with van der Waals surface area (Å²) in [4.78, 5) is 2.33. The summed E-state index contributed by atoms with van der Waals surface area (Å²) in [5.41, 5.74) is 0. The zero-order valence-electron chi connectivity index (χ0n) is 11.1. The van der Waals surface area contributed by atoms with Crippen molar-refractivity contribution in [3.63, 3.8) is 0 Å². The van der Waals surface area contributed by atoms with Gasteiger partial charge in [-0.2, -0.15) is 0 Å². The van der Waals surface area contributed by atoms with Crippen LogP contribution in [0.4, 0.5) is 0 Å². The molecule has 0 aromatic rings. The van der Waals surface area contributed by atoms with E-state index in [1.165, 1.54) is 64.2 Å². The smallest absolute Gasteiger partial charge is 0.169 e. The fourth-order valence-corrected chi connectivity index (χ4v) is 3.47. The Hall–Kier alpha value is -0.310. The van der Waals surface area contributed by atoms with Crippen LogP contribution in [0.25, 0.3) is 0 Å². The predicted octanol–water partition coefficient (Wildman–Crippen LogP) is 3.46. The molecule has 0 spiro atoms. The summed E-state index contributed by atoms with van der Waals surface area (Å²) in [6, 6.07) is 1.33. The maximum absolute atomic E-state index is 5.55. The number of nitrogens with zero attached hydrogens (tertiary/aromatic N) is 1. The molecule has 0 radical (unpaired) electrons. The van der Waals surface area contributed by atoms with Crippen LogP contribution in [0, 0.1) is 0 Å². The quantitative estimate of drug-likeness (QED) is 0.600. The summed E-state index contributed by atoms with van der Waals surface area (Å²) in [6.45, 7) is 0. The van der Waals surface area contributed by atoms with Gasteiger partial charge in [-0.25, -0.2) is 0 Å². The lowest BCUT2D eigenvalue weighted by Gasteiger charge is -2.31. The van der Waals surface area contributed by atoms with Crippen molar-refractivity contribution in [1.82, 2.24) is 10.2 Å². The molecule has 2 aliphatic carbocycles. The number of rotatable bonds is 2. The van der Waals surface area contributed by atoms with Crippen molar-refractivity contribution in [2.24, 2.45) is 0 Å². The standard InChI is InChI=1S/C14H26N2S/c1-16(13-10-4-2-3-5-11-13)14(17)15-12-8-6-7-9-12/h12-13H,2-11H2,1H3,(H,15,17). The molecule has 0 aromatic carbocycles. The van der Waals surface area contributed by atoms with Crippen LogP contribution in [0.2, 0.25) is 0 Å². The second kappa shape index (κ2) is 6.58. The molecule has 98 valence electrons. The lowest BCUT2D eigenvalue weighted by molar-refractivity contribution is 0.322. The number of nitrogens with one attached hydrogen (secondary N) is 1. The van der Waals surface area contributed by atoms with Crippen LogP contribution in [0.15, 0.2) is 0 Å². The Morgan fingerprint density at radius 3 is 2.06 bits per heavy atom. The number of hydrogen-bond acceptors (Lipinski definition) is 1. The minimum atomic E-state index is 0.649. The van der Waals surface area contributed by atoms with Crippen LogP contribution in [0.1, 0.15) is 64.2 Å². The first-order chi connectivity index (χ1) is 8.27. The van der Waals surface area contributed by atoms with Gasteiger partial charge in [0.15, 0.2) is 5.11 Å². The lowest BCUT2D eigenvalue weighted by Crippen LogP contribution is -2.46. The molecule has 2 rings (SSSR count). The second-order valence-electron chi connectivity index (χ2n) is 5.69. The van der Waals surface area contributed by atoms with Gasteiger partial charge in [-0.1, -0.05) is 38.5 Å².